The lowest BCUT2D eigenvalue weighted by molar-refractivity contribution is 0.102. The Kier molecular flexibility index (Phi) is 6.32. The van der Waals surface area contributed by atoms with Crippen LogP contribution in [0.5, 0.6) is 5.88 Å². The smallest absolute Gasteiger partial charge is 0.262 e. The second-order valence-corrected chi connectivity index (χ2v) is 9.07. The predicted molar refractivity (Wildman–Crippen MR) is 127 cm³/mol. The van der Waals surface area contributed by atoms with Crippen molar-refractivity contribution in [2.75, 3.05) is 43.0 Å². The van der Waals surface area contributed by atoms with Gasteiger partial charge in [-0.25, -0.2) is 14.4 Å². The lowest BCUT2D eigenvalue weighted by atomic mass is 9.85. The van der Waals surface area contributed by atoms with Gasteiger partial charge in [0.05, 0.1) is 18.0 Å². The van der Waals surface area contributed by atoms with Gasteiger partial charge in [-0.1, -0.05) is 0 Å². The van der Waals surface area contributed by atoms with E-state index in [-0.39, 0.29) is 17.1 Å². The van der Waals surface area contributed by atoms with Gasteiger partial charge >= 0.3 is 0 Å². The molecule has 2 saturated heterocycles. The number of fused-ring (bicyclic) bond motifs is 1. The summed E-state index contributed by atoms with van der Waals surface area (Å²) < 4.78 is 21.7. The van der Waals surface area contributed by atoms with Crippen molar-refractivity contribution in [3.8, 4) is 5.88 Å². The first-order chi connectivity index (χ1) is 16.5. The zero-order chi connectivity index (χ0) is 23.7. The third-order valence-electron chi connectivity index (χ3n) is 6.66. The number of imidazole rings is 1. The Morgan fingerprint density at radius 1 is 1.29 bits per heavy atom. The maximum Gasteiger partial charge on any atom is 0.262 e. The standard InChI is InChI=1S/C24H30FN7O2/c1-3-34-23-19(22(33)29-18-9-20(25)21-28-15(2)12-32(21)14-18)11-27-24(30-23)31-8-4-5-17(13-31)16-6-7-26-10-16/h9,11-12,14,16-17,26H,3-8,10,13H2,1-2H3,(H,29,33). The van der Waals surface area contributed by atoms with E-state index in [1.165, 1.54) is 25.1 Å². The minimum atomic E-state index is -0.514. The summed E-state index contributed by atoms with van der Waals surface area (Å²) in [6, 6.07) is 1.25. The normalized spacial score (nSPS) is 20.6. The Morgan fingerprint density at radius 3 is 2.97 bits per heavy atom. The van der Waals surface area contributed by atoms with E-state index in [1.807, 2.05) is 6.92 Å². The van der Waals surface area contributed by atoms with E-state index in [1.54, 1.807) is 23.7 Å². The van der Waals surface area contributed by atoms with Crippen LogP contribution in [0, 0.1) is 24.6 Å². The van der Waals surface area contributed by atoms with Gasteiger partial charge in [0.2, 0.25) is 11.8 Å². The minimum Gasteiger partial charge on any atom is -0.477 e. The zero-order valence-corrected chi connectivity index (χ0v) is 19.6. The molecular formula is C24H30FN7O2. The number of aryl methyl sites for hydroxylation is 1. The molecule has 2 unspecified atom stereocenters. The van der Waals surface area contributed by atoms with Gasteiger partial charge in [0.25, 0.3) is 5.91 Å². The van der Waals surface area contributed by atoms with Crippen molar-refractivity contribution in [1.29, 1.82) is 0 Å². The molecule has 2 N–H and O–H groups in total. The monoisotopic (exact) mass is 467 g/mol. The topological polar surface area (TPSA) is 96.7 Å². The fraction of sp³-hybridized carbons (Fsp3) is 0.500. The van der Waals surface area contributed by atoms with Crippen molar-refractivity contribution in [1.82, 2.24) is 24.7 Å². The molecule has 2 aliphatic rings. The third-order valence-corrected chi connectivity index (χ3v) is 6.66. The summed E-state index contributed by atoms with van der Waals surface area (Å²) in [7, 11) is 0. The van der Waals surface area contributed by atoms with Crippen LogP contribution in [0.2, 0.25) is 0 Å². The number of nitrogens with one attached hydrogen (secondary N) is 2. The number of pyridine rings is 1. The average Bonchev–Trinajstić information content (AvgIpc) is 3.49. The lowest BCUT2D eigenvalue weighted by Gasteiger charge is -2.35. The van der Waals surface area contributed by atoms with Gasteiger partial charge in [-0.15, -0.1) is 0 Å². The third kappa shape index (κ3) is 4.54. The molecular weight excluding hydrogens is 437 g/mol. The van der Waals surface area contributed by atoms with Crippen LogP contribution in [0.15, 0.2) is 24.7 Å². The summed E-state index contributed by atoms with van der Waals surface area (Å²) in [6.07, 6.45) is 8.35. The maximum atomic E-state index is 14.4. The highest BCUT2D eigenvalue weighted by atomic mass is 19.1. The average molecular weight is 468 g/mol. The Labute approximate surface area is 197 Å². The number of aromatic nitrogens is 4. The molecule has 2 aliphatic heterocycles. The predicted octanol–water partition coefficient (Wildman–Crippen LogP) is 3.05. The van der Waals surface area contributed by atoms with Crippen LogP contribution in [-0.4, -0.2) is 58.0 Å². The molecule has 10 heteroatoms. The molecule has 1 amide bonds. The Morgan fingerprint density at radius 2 is 2.18 bits per heavy atom. The molecule has 0 aromatic carbocycles. The number of nitrogens with zero attached hydrogens (tertiary/aromatic N) is 5. The van der Waals surface area contributed by atoms with Crippen LogP contribution < -0.4 is 20.3 Å². The van der Waals surface area contributed by atoms with Crippen molar-refractivity contribution in [3.05, 3.63) is 41.7 Å². The van der Waals surface area contributed by atoms with Crippen molar-refractivity contribution < 1.29 is 13.9 Å². The number of rotatable bonds is 6. The summed E-state index contributed by atoms with van der Waals surface area (Å²) in [4.78, 5) is 28.5. The molecule has 0 spiro atoms. The van der Waals surface area contributed by atoms with E-state index in [0.717, 1.165) is 32.6 Å². The molecule has 180 valence electrons. The SMILES string of the molecule is CCOc1nc(N2CCCC(C3CCNC3)C2)ncc1C(=O)Nc1cc(F)c2nc(C)cn2c1. The molecule has 5 heterocycles. The Hall–Kier alpha value is -3.27. The van der Waals surface area contributed by atoms with E-state index in [2.05, 4.69) is 30.5 Å². The summed E-state index contributed by atoms with van der Waals surface area (Å²) in [5.74, 6) is 1.14. The quantitative estimate of drug-likeness (QED) is 0.575. The fourth-order valence-electron chi connectivity index (χ4n) is 5.01. The van der Waals surface area contributed by atoms with Gasteiger partial charge in [0, 0.05) is 37.7 Å². The van der Waals surface area contributed by atoms with Gasteiger partial charge in [0.1, 0.15) is 5.56 Å². The molecule has 3 aromatic rings. The number of anilines is 2. The molecule has 0 bridgehead atoms. The first kappa shape index (κ1) is 22.5. The number of halogens is 1. The lowest BCUT2D eigenvalue weighted by Crippen LogP contribution is -2.40. The van der Waals surface area contributed by atoms with Crippen molar-refractivity contribution in [2.45, 2.75) is 33.1 Å². The van der Waals surface area contributed by atoms with Crippen LogP contribution in [0.3, 0.4) is 0 Å². The number of piperidine rings is 1. The largest absolute Gasteiger partial charge is 0.477 e. The first-order valence-electron chi connectivity index (χ1n) is 11.9. The number of ether oxygens (including phenoxy) is 1. The van der Waals surface area contributed by atoms with E-state index in [4.69, 9.17) is 4.74 Å². The van der Waals surface area contributed by atoms with Gasteiger partial charge in [-0.05, 0) is 58.0 Å². The first-order valence-corrected chi connectivity index (χ1v) is 11.9. The van der Waals surface area contributed by atoms with Gasteiger partial charge in [0.15, 0.2) is 11.5 Å². The molecule has 5 rings (SSSR count). The van der Waals surface area contributed by atoms with Crippen LogP contribution in [-0.2, 0) is 0 Å². The number of hydrogen-bond donors (Lipinski definition) is 2. The summed E-state index contributed by atoms with van der Waals surface area (Å²) in [5.41, 5.74) is 1.42. The molecule has 0 radical (unpaired) electrons. The molecule has 0 saturated carbocycles. The molecule has 0 aliphatic carbocycles. The van der Waals surface area contributed by atoms with E-state index < -0.39 is 11.7 Å². The summed E-state index contributed by atoms with van der Waals surface area (Å²) >= 11 is 0. The summed E-state index contributed by atoms with van der Waals surface area (Å²) in [6.45, 7) is 7.96. The van der Waals surface area contributed by atoms with Gasteiger partial charge < -0.3 is 24.7 Å². The molecule has 3 aromatic heterocycles. The highest BCUT2D eigenvalue weighted by Gasteiger charge is 2.30. The molecule has 2 atom stereocenters. The highest BCUT2D eigenvalue weighted by molar-refractivity contribution is 6.05. The summed E-state index contributed by atoms with van der Waals surface area (Å²) in [5, 5.41) is 6.20. The van der Waals surface area contributed by atoms with Crippen LogP contribution in [0.25, 0.3) is 5.65 Å². The van der Waals surface area contributed by atoms with Crippen molar-refractivity contribution in [2.24, 2.45) is 11.8 Å². The molecule has 34 heavy (non-hydrogen) atoms. The maximum absolute atomic E-state index is 14.4. The second kappa shape index (κ2) is 9.54. The van der Waals surface area contributed by atoms with Crippen LogP contribution in [0.4, 0.5) is 16.0 Å². The molecule has 2 fully saturated rings. The molecule has 9 nitrogen and oxygen atoms in total. The number of carbonyl (C=O) groups excluding carboxylic acids is 1. The number of amides is 1. The zero-order valence-electron chi connectivity index (χ0n) is 19.6. The van der Waals surface area contributed by atoms with Crippen molar-refractivity contribution >= 4 is 23.2 Å². The second-order valence-electron chi connectivity index (χ2n) is 9.07. The van der Waals surface area contributed by atoms with E-state index in [9.17, 15) is 9.18 Å². The Bertz CT molecular complexity index is 1190. The Balaban J connectivity index is 1.36. The fourth-order valence-corrected chi connectivity index (χ4v) is 5.01. The van der Waals surface area contributed by atoms with Gasteiger partial charge in [-0.2, -0.15) is 4.98 Å². The highest BCUT2D eigenvalue weighted by Crippen LogP contribution is 2.30. The van der Waals surface area contributed by atoms with E-state index >= 15 is 0 Å². The number of hydrogen-bond acceptors (Lipinski definition) is 7. The minimum absolute atomic E-state index is 0.210. The number of carbonyl (C=O) groups is 1. The van der Waals surface area contributed by atoms with Gasteiger partial charge in [-0.3, -0.25) is 4.79 Å². The van der Waals surface area contributed by atoms with Crippen LogP contribution >= 0.6 is 0 Å². The van der Waals surface area contributed by atoms with Crippen LogP contribution in [0.1, 0.15) is 42.2 Å². The van der Waals surface area contributed by atoms with E-state index in [0.29, 0.717) is 35.8 Å². The van der Waals surface area contributed by atoms with Crippen molar-refractivity contribution in [3.63, 3.8) is 0 Å².